The number of nitrogens with zero attached hydrogens (tertiary/aromatic N) is 3. The first kappa shape index (κ1) is 9.77. The number of rotatable bonds is 1. The first-order chi connectivity index (χ1) is 7.84. The van der Waals surface area contributed by atoms with Gasteiger partial charge in [-0.05, 0) is 34.0 Å². The van der Waals surface area contributed by atoms with Gasteiger partial charge in [-0.2, -0.15) is 5.10 Å². The Morgan fingerprint density at radius 1 is 1.12 bits per heavy atom. The van der Waals surface area contributed by atoms with E-state index in [0.29, 0.717) is 0 Å². The van der Waals surface area contributed by atoms with Crippen LogP contribution in [0.3, 0.4) is 0 Å². The maximum absolute atomic E-state index is 4.39. The minimum absolute atomic E-state index is 0.876. The van der Waals surface area contributed by atoms with Crippen LogP contribution in [0.5, 0.6) is 0 Å². The molecule has 3 rings (SSSR count). The molecule has 0 saturated carbocycles. The molecule has 0 atom stereocenters. The normalized spacial score (nSPS) is 10.8. The summed E-state index contributed by atoms with van der Waals surface area (Å²) in [5.41, 5.74) is 0. The highest BCUT2D eigenvalue weighted by Crippen LogP contribution is 2.19. The molecule has 78 valence electrons. The number of hydrogen-bond acceptors (Lipinski definition) is 2. The van der Waals surface area contributed by atoms with Gasteiger partial charge >= 0.3 is 0 Å². The summed E-state index contributed by atoms with van der Waals surface area (Å²) in [5.74, 6) is 0.876. The van der Waals surface area contributed by atoms with E-state index in [1.54, 1.807) is 0 Å². The van der Waals surface area contributed by atoms with E-state index in [4.69, 9.17) is 0 Å². The molecule has 0 radical (unpaired) electrons. The molecule has 2 aromatic heterocycles. The second kappa shape index (κ2) is 3.86. The predicted molar refractivity (Wildman–Crippen MR) is 71.6 cm³/mol. The van der Waals surface area contributed by atoms with Gasteiger partial charge in [0.25, 0.3) is 0 Å². The number of aromatic nitrogens is 3. The van der Waals surface area contributed by atoms with Crippen LogP contribution in [0.25, 0.3) is 16.6 Å². The van der Waals surface area contributed by atoms with Crippen LogP contribution in [-0.2, 0) is 0 Å². The molecule has 0 bridgehead atoms. The number of pyridine rings is 1. The lowest BCUT2D eigenvalue weighted by Gasteiger charge is -2.04. The van der Waals surface area contributed by atoms with Crippen molar-refractivity contribution in [1.82, 2.24) is 14.8 Å². The van der Waals surface area contributed by atoms with Crippen LogP contribution in [0.15, 0.2) is 48.9 Å². The van der Waals surface area contributed by atoms with E-state index < -0.39 is 0 Å². The Balaban J connectivity index is 2.31. The fourth-order valence-electron chi connectivity index (χ4n) is 1.70. The van der Waals surface area contributed by atoms with Crippen molar-refractivity contribution < 1.29 is 0 Å². The summed E-state index contributed by atoms with van der Waals surface area (Å²) in [5, 5.41) is 6.58. The molecule has 0 aliphatic heterocycles. The fourth-order valence-corrected chi connectivity index (χ4v) is 2.09. The van der Waals surface area contributed by atoms with Crippen LogP contribution in [0, 0.1) is 3.57 Å². The van der Waals surface area contributed by atoms with Crippen molar-refractivity contribution in [2.45, 2.75) is 0 Å². The number of hydrogen-bond donors (Lipinski definition) is 0. The predicted octanol–water partition coefficient (Wildman–Crippen LogP) is 3.03. The van der Waals surface area contributed by atoms with Crippen molar-refractivity contribution in [3.63, 3.8) is 0 Å². The van der Waals surface area contributed by atoms with Gasteiger partial charge < -0.3 is 0 Å². The molecular weight excluding hydrogens is 313 g/mol. The Morgan fingerprint density at radius 2 is 2.00 bits per heavy atom. The Labute approximate surface area is 106 Å². The zero-order valence-electron chi connectivity index (χ0n) is 8.34. The highest BCUT2D eigenvalue weighted by Gasteiger charge is 2.04. The molecule has 3 aromatic rings. The Hall–Kier alpha value is -1.43. The number of benzene rings is 1. The van der Waals surface area contributed by atoms with E-state index in [-0.39, 0.29) is 0 Å². The first-order valence-corrected chi connectivity index (χ1v) is 5.97. The molecular formula is C12H8IN3. The van der Waals surface area contributed by atoms with E-state index in [9.17, 15) is 0 Å². The molecule has 0 aliphatic carbocycles. The first-order valence-electron chi connectivity index (χ1n) is 4.89. The summed E-state index contributed by atoms with van der Waals surface area (Å²) < 4.78 is 2.91. The van der Waals surface area contributed by atoms with Gasteiger partial charge in [-0.3, -0.25) is 0 Å². The zero-order chi connectivity index (χ0) is 11.0. The average Bonchev–Trinajstić information content (AvgIpc) is 2.75. The van der Waals surface area contributed by atoms with Crippen molar-refractivity contribution in [3.05, 3.63) is 52.5 Å². The molecule has 0 spiro atoms. The summed E-state index contributed by atoms with van der Waals surface area (Å²) >= 11 is 2.24. The Bertz CT molecular complexity index is 640. The summed E-state index contributed by atoms with van der Waals surface area (Å²) in [6, 6.07) is 10.2. The smallest absolute Gasteiger partial charge is 0.161 e. The molecule has 0 saturated heterocycles. The van der Waals surface area contributed by atoms with E-state index in [0.717, 1.165) is 14.8 Å². The van der Waals surface area contributed by atoms with E-state index in [1.807, 2.05) is 41.5 Å². The lowest BCUT2D eigenvalue weighted by molar-refractivity contribution is 0.856. The minimum Gasteiger partial charge on any atom is -0.237 e. The molecule has 3 nitrogen and oxygen atoms in total. The van der Waals surface area contributed by atoms with Gasteiger partial charge in [0, 0.05) is 17.8 Å². The SMILES string of the molecule is Ic1cnn(-c2nccc3ccccc23)c1. The second-order valence-electron chi connectivity index (χ2n) is 3.46. The Morgan fingerprint density at radius 3 is 2.81 bits per heavy atom. The van der Waals surface area contributed by atoms with Crippen molar-refractivity contribution in [1.29, 1.82) is 0 Å². The van der Waals surface area contributed by atoms with Gasteiger partial charge in [0.15, 0.2) is 5.82 Å². The van der Waals surface area contributed by atoms with Crippen LogP contribution in [-0.4, -0.2) is 14.8 Å². The molecule has 0 unspecified atom stereocenters. The highest BCUT2D eigenvalue weighted by molar-refractivity contribution is 14.1. The van der Waals surface area contributed by atoms with E-state index in [1.165, 1.54) is 5.39 Å². The quantitative estimate of drug-likeness (QED) is 0.645. The van der Waals surface area contributed by atoms with Gasteiger partial charge in [0.2, 0.25) is 0 Å². The lowest BCUT2D eigenvalue weighted by Crippen LogP contribution is -1.98. The molecule has 0 aliphatic rings. The summed E-state index contributed by atoms with van der Waals surface area (Å²) in [4.78, 5) is 4.39. The third-order valence-electron chi connectivity index (χ3n) is 2.42. The van der Waals surface area contributed by atoms with Crippen LogP contribution in [0.1, 0.15) is 0 Å². The van der Waals surface area contributed by atoms with Crippen molar-refractivity contribution in [2.75, 3.05) is 0 Å². The molecule has 0 fully saturated rings. The average molecular weight is 321 g/mol. The van der Waals surface area contributed by atoms with Crippen LogP contribution >= 0.6 is 22.6 Å². The molecule has 2 heterocycles. The maximum atomic E-state index is 4.39. The molecule has 0 N–H and O–H groups in total. The molecule has 4 heteroatoms. The highest BCUT2D eigenvalue weighted by atomic mass is 127. The third-order valence-corrected chi connectivity index (χ3v) is 2.98. The number of fused-ring (bicyclic) bond motifs is 1. The monoisotopic (exact) mass is 321 g/mol. The standard InChI is InChI=1S/C12H8IN3/c13-10-7-15-16(8-10)12-11-4-2-1-3-9(11)5-6-14-12/h1-8H. The summed E-state index contributed by atoms with van der Waals surface area (Å²) in [7, 11) is 0. The molecule has 16 heavy (non-hydrogen) atoms. The van der Waals surface area contributed by atoms with Crippen LogP contribution in [0.4, 0.5) is 0 Å². The van der Waals surface area contributed by atoms with Gasteiger partial charge in [0.1, 0.15) is 0 Å². The Kier molecular flexibility index (Phi) is 2.36. The van der Waals surface area contributed by atoms with E-state index in [2.05, 4.69) is 44.8 Å². The fraction of sp³-hybridized carbons (Fsp3) is 0. The largest absolute Gasteiger partial charge is 0.237 e. The number of halogens is 1. The van der Waals surface area contributed by atoms with Gasteiger partial charge in [-0.25, -0.2) is 9.67 Å². The van der Waals surface area contributed by atoms with Gasteiger partial charge in [-0.15, -0.1) is 0 Å². The lowest BCUT2D eigenvalue weighted by atomic mass is 10.2. The zero-order valence-corrected chi connectivity index (χ0v) is 10.5. The van der Waals surface area contributed by atoms with Crippen LogP contribution in [0.2, 0.25) is 0 Å². The summed E-state index contributed by atoms with van der Waals surface area (Å²) in [6.07, 6.45) is 5.60. The van der Waals surface area contributed by atoms with Crippen LogP contribution < -0.4 is 0 Å². The van der Waals surface area contributed by atoms with Crippen molar-refractivity contribution >= 4 is 33.4 Å². The van der Waals surface area contributed by atoms with E-state index >= 15 is 0 Å². The maximum Gasteiger partial charge on any atom is 0.161 e. The van der Waals surface area contributed by atoms with Crippen molar-refractivity contribution in [2.24, 2.45) is 0 Å². The van der Waals surface area contributed by atoms with Gasteiger partial charge in [-0.1, -0.05) is 24.3 Å². The topological polar surface area (TPSA) is 30.7 Å². The molecule has 0 amide bonds. The molecule has 1 aromatic carbocycles. The third kappa shape index (κ3) is 1.59. The minimum atomic E-state index is 0.876. The second-order valence-corrected chi connectivity index (χ2v) is 4.70. The van der Waals surface area contributed by atoms with Gasteiger partial charge in [0.05, 0.1) is 9.77 Å². The summed E-state index contributed by atoms with van der Waals surface area (Å²) in [6.45, 7) is 0. The van der Waals surface area contributed by atoms with Crippen molar-refractivity contribution in [3.8, 4) is 5.82 Å².